The molecule has 0 N–H and O–H groups in total. The molecule has 0 atom stereocenters. The van der Waals surface area contributed by atoms with E-state index in [1.807, 2.05) is 24.3 Å². The first-order valence-electron chi connectivity index (χ1n) is 18.0. The lowest BCUT2D eigenvalue weighted by Crippen LogP contribution is -2.10. The summed E-state index contributed by atoms with van der Waals surface area (Å²) in [6.07, 6.45) is 0. The molecule has 0 spiro atoms. The van der Waals surface area contributed by atoms with E-state index in [9.17, 15) is 0 Å². The third kappa shape index (κ3) is 4.75. The maximum Gasteiger partial charge on any atom is 0.179 e. The minimum atomic E-state index is 0.774. The highest BCUT2D eigenvalue weighted by atomic mass is 16.4. The Labute approximate surface area is 305 Å². The number of furan rings is 2. The van der Waals surface area contributed by atoms with E-state index in [1.54, 1.807) is 0 Å². The zero-order chi connectivity index (χ0) is 34.9. The van der Waals surface area contributed by atoms with Crippen molar-refractivity contribution in [3.05, 3.63) is 188 Å². The van der Waals surface area contributed by atoms with Crippen molar-refractivity contribution in [3.8, 4) is 22.3 Å². The molecule has 0 bridgehead atoms. The summed E-state index contributed by atoms with van der Waals surface area (Å²) in [5, 5.41) is 9.12. The van der Waals surface area contributed by atoms with E-state index >= 15 is 0 Å². The van der Waals surface area contributed by atoms with Gasteiger partial charge in [-0.25, -0.2) is 0 Å². The maximum absolute atomic E-state index is 6.59. The molecule has 0 aliphatic rings. The molecule has 0 saturated heterocycles. The van der Waals surface area contributed by atoms with Gasteiger partial charge in [0.25, 0.3) is 0 Å². The van der Waals surface area contributed by atoms with Gasteiger partial charge < -0.3 is 13.7 Å². The molecule has 3 heteroatoms. The van der Waals surface area contributed by atoms with Crippen molar-refractivity contribution in [3.63, 3.8) is 0 Å². The highest BCUT2D eigenvalue weighted by Crippen LogP contribution is 2.46. The average molecular weight is 678 g/mol. The molecule has 2 aromatic heterocycles. The first kappa shape index (κ1) is 29.6. The molecule has 53 heavy (non-hydrogen) atoms. The topological polar surface area (TPSA) is 29.5 Å². The zero-order valence-electron chi connectivity index (χ0n) is 28.7. The predicted molar refractivity (Wildman–Crippen MR) is 222 cm³/mol. The number of hydrogen-bond acceptors (Lipinski definition) is 3. The van der Waals surface area contributed by atoms with Gasteiger partial charge >= 0.3 is 0 Å². The van der Waals surface area contributed by atoms with Gasteiger partial charge in [0, 0.05) is 38.3 Å². The molecule has 0 fully saturated rings. The number of nitrogens with zero attached hydrogens (tertiary/aromatic N) is 1. The average Bonchev–Trinajstić information content (AvgIpc) is 3.80. The van der Waals surface area contributed by atoms with Gasteiger partial charge in [0.05, 0.1) is 5.69 Å². The Morgan fingerprint density at radius 1 is 0.340 bits per heavy atom. The molecule has 0 aliphatic heterocycles. The van der Waals surface area contributed by atoms with Crippen LogP contribution in [0.1, 0.15) is 0 Å². The maximum atomic E-state index is 6.59. The molecule has 9 aromatic carbocycles. The zero-order valence-corrected chi connectivity index (χ0v) is 28.7. The van der Waals surface area contributed by atoms with Gasteiger partial charge in [-0.3, -0.25) is 0 Å². The highest BCUT2D eigenvalue weighted by Gasteiger charge is 2.22. The smallest absolute Gasteiger partial charge is 0.179 e. The van der Waals surface area contributed by atoms with Crippen LogP contribution in [0.15, 0.2) is 197 Å². The van der Waals surface area contributed by atoms with E-state index in [0.29, 0.717) is 0 Å². The van der Waals surface area contributed by atoms with Crippen LogP contribution in [0.2, 0.25) is 0 Å². The van der Waals surface area contributed by atoms with E-state index in [0.717, 1.165) is 72.1 Å². The van der Waals surface area contributed by atoms with E-state index in [-0.39, 0.29) is 0 Å². The van der Waals surface area contributed by atoms with Gasteiger partial charge in [-0.15, -0.1) is 0 Å². The molecule has 0 unspecified atom stereocenters. The summed E-state index contributed by atoms with van der Waals surface area (Å²) in [5.41, 5.74) is 11.1. The molecule has 3 nitrogen and oxygen atoms in total. The Morgan fingerprint density at radius 3 is 1.83 bits per heavy atom. The molecule has 11 aromatic rings. The molecular formula is C50H31NO2. The lowest BCUT2D eigenvalue weighted by atomic mass is 9.96. The SMILES string of the molecule is c1cc(-c2cc3c4ccccc4oc3c3oc4ccccc4c23)cc(N(c2ccc(-c3ccc4ccccc4c3)cc2)c2cccc3ccccc23)c1. The largest absolute Gasteiger partial charge is 0.452 e. The lowest BCUT2D eigenvalue weighted by molar-refractivity contribution is 0.633. The van der Waals surface area contributed by atoms with Crippen molar-refractivity contribution in [1.82, 2.24) is 0 Å². The summed E-state index contributed by atoms with van der Waals surface area (Å²) in [6.45, 7) is 0. The molecular weight excluding hydrogens is 647 g/mol. The number of para-hydroxylation sites is 2. The fraction of sp³-hybridized carbons (Fsp3) is 0. The molecule has 0 amide bonds. The van der Waals surface area contributed by atoms with Crippen LogP contribution < -0.4 is 4.90 Å². The molecule has 0 aliphatic carbocycles. The molecule has 0 saturated carbocycles. The number of rotatable bonds is 5. The Bertz CT molecular complexity index is 3180. The summed E-state index contributed by atoms with van der Waals surface area (Å²) in [5.74, 6) is 0. The molecule has 11 rings (SSSR count). The number of benzene rings is 9. The Balaban J connectivity index is 1.12. The predicted octanol–water partition coefficient (Wildman–Crippen LogP) is 14.6. The Hall–Kier alpha value is -7.10. The quantitative estimate of drug-likeness (QED) is 0.182. The van der Waals surface area contributed by atoms with Gasteiger partial charge in [0.2, 0.25) is 0 Å². The molecule has 2 heterocycles. The van der Waals surface area contributed by atoms with Gasteiger partial charge in [-0.1, -0.05) is 133 Å². The van der Waals surface area contributed by atoms with E-state index in [4.69, 9.17) is 8.83 Å². The van der Waals surface area contributed by atoms with Crippen LogP contribution in [0, 0.1) is 0 Å². The highest BCUT2D eigenvalue weighted by molar-refractivity contribution is 6.24. The van der Waals surface area contributed by atoms with E-state index in [1.165, 1.54) is 32.7 Å². The number of fused-ring (bicyclic) bond motifs is 9. The minimum absolute atomic E-state index is 0.774. The normalized spacial score (nSPS) is 11.8. The van der Waals surface area contributed by atoms with Crippen molar-refractivity contribution >= 4 is 82.5 Å². The summed E-state index contributed by atoms with van der Waals surface area (Å²) in [4.78, 5) is 2.38. The van der Waals surface area contributed by atoms with Crippen LogP contribution >= 0.6 is 0 Å². The van der Waals surface area contributed by atoms with Gasteiger partial charge in [0.1, 0.15) is 11.2 Å². The fourth-order valence-corrected chi connectivity index (χ4v) is 8.11. The van der Waals surface area contributed by atoms with Crippen molar-refractivity contribution in [2.24, 2.45) is 0 Å². The van der Waals surface area contributed by atoms with Crippen LogP contribution in [-0.4, -0.2) is 0 Å². The van der Waals surface area contributed by atoms with E-state index in [2.05, 4.69) is 169 Å². The standard InChI is InChI=1S/C50H31NO2/c1-2-13-35-29-36(24-23-32(35)11-1)33-25-27-38(28-26-33)51(45-20-10-14-34-12-3-4-17-40(34)45)39-16-9-15-37(30-39)43-31-44-41-18-5-7-21-46(41)52-49(44)50-48(43)42-19-6-8-22-47(42)53-50/h1-31H. The first-order valence-corrected chi connectivity index (χ1v) is 18.0. The molecule has 0 radical (unpaired) electrons. The van der Waals surface area contributed by atoms with Crippen molar-refractivity contribution in [1.29, 1.82) is 0 Å². The van der Waals surface area contributed by atoms with E-state index < -0.39 is 0 Å². The summed E-state index contributed by atoms with van der Waals surface area (Å²) in [7, 11) is 0. The van der Waals surface area contributed by atoms with Crippen LogP contribution in [0.25, 0.3) is 87.7 Å². The second-order valence-corrected chi connectivity index (χ2v) is 13.7. The lowest BCUT2D eigenvalue weighted by Gasteiger charge is -2.27. The fourth-order valence-electron chi connectivity index (χ4n) is 8.11. The van der Waals surface area contributed by atoms with Crippen LogP contribution in [0.3, 0.4) is 0 Å². The van der Waals surface area contributed by atoms with Crippen LogP contribution in [0.4, 0.5) is 17.1 Å². The minimum Gasteiger partial charge on any atom is -0.452 e. The van der Waals surface area contributed by atoms with Crippen molar-refractivity contribution in [2.75, 3.05) is 4.90 Å². The summed E-state index contributed by atoms with van der Waals surface area (Å²) < 4.78 is 13.1. The number of hydrogen-bond donors (Lipinski definition) is 0. The van der Waals surface area contributed by atoms with Crippen LogP contribution in [-0.2, 0) is 0 Å². The summed E-state index contributed by atoms with van der Waals surface area (Å²) >= 11 is 0. The van der Waals surface area contributed by atoms with Gasteiger partial charge in [-0.2, -0.15) is 0 Å². The van der Waals surface area contributed by atoms with Gasteiger partial charge in [-0.05, 0) is 93.0 Å². The Kier molecular flexibility index (Phi) is 6.55. The Morgan fingerprint density at radius 2 is 0.981 bits per heavy atom. The van der Waals surface area contributed by atoms with Crippen molar-refractivity contribution in [2.45, 2.75) is 0 Å². The first-order chi connectivity index (χ1) is 26.3. The molecule has 248 valence electrons. The van der Waals surface area contributed by atoms with Crippen molar-refractivity contribution < 1.29 is 8.83 Å². The summed E-state index contributed by atoms with van der Waals surface area (Å²) in [6, 6.07) is 67.0. The second kappa shape index (κ2) is 11.7. The number of anilines is 3. The second-order valence-electron chi connectivity index (χ2n) is 13.7. The monoisotopic (exact) mass is 677 g/mol. The third-order valence-electron chi connectivity index (χ3n) is 10.6. The van der Waals surface area contributed by atoms with Crippen LogP contribution in [0.5, 0.6) is 0 Å². The third-order valence-corrected chi connectivity index (χ3v) is 10.6. The van der Waals surface area contributed by atoms with Gasteiger partial charge in [0.15, 0.2) is 11.2 Å².